The molecule has 4 nitrogen and oxygen atoms in total. The van der Waals surface area contributed by atoms with Gasteiger partial charge in [-0.2, -0.15) is 0 Å². The first-order chi connectivity index (χ1) is 8.88. The van der Waals surface area contributed by atoms with Crippen LogP contribution >= 0.6 is 0 Å². The maximum Gasteiger partial charge on any atom is 0.0589 e. The number of pyridine rings is 1. The number of rotatable bonds is 7. The molecule has 1 saturated heterocycles. The van der Waals surface area contributed by atoms with Crippen LogP contribution in [-0.2, 0) is 11.3 Å². The van der Waals surface area contributed by atoms with Gasteiger partial charge in [0, 0.05) is 45.2 Å². The zero-order valence-electron chi connectivity index (χ0n) is 11.1. The van der Waals surface area contributed by atoms with E-state index in [0.717, 1.165) is 32.8 Å². The average Bonchev–Trinajstić information content (AvgIpc) is 2.90. The molecule has 0 radical (unpaired) electrons. The van der Waals surface area contributed by atoms with Crippen LogP contribution in [0.25, 0.3) is 0 Å². The summed E-state index contributed by atoms with van der Waals surface area (Å²) in [6.07, 6.45) is 6.36. The van der Waals surface area contributed by atoms with E-state index in [1.165, 1.54) is 18.4 Å². The molecule has 1 aliphatic heterocycles. The third-order valence-electron chi connectivity index (χ3n) is 3.38. The number of hydrogen-bond acceptors (Lipinski definition) is 4. The highest BCUT2D eigenvalue weighted by atomic mass is 16.5. The monoisotopic (exact) mass is 249 g/mol. The van der Waals surface area contributed by atoms with E-state index in [2.05, 4.69) is 21.3 Å². The van der Waals surface area contributed by atoms with Crippen LogP contribution in [0.15, 0.2) is 24.5 Å². The molecule has 1 aliphatic rings. The van der Waals surface area contributed by atoms with Crippen LogP contribution < -0.4 is 5.32 Å². The third kappa shape index (κ3) is 4.37. The summed E-state index contributed by atoms with van der Waals surface area (Å²) in [6, 6.07) is 4.77. The van der Waals surface area contributed by atoms with Gasteiger partial charge in [-0.05, 0) is 31.0 Å². The standard InChI is InChI=1S/C14H23N3O/c1-18-9-8-17(12-14-5-3-7-16-14)11-13-4-2-6-15-10-13/h2,4,6,10,14,16H,3,5,7-9,11-12H2,1H3. The Balaban J connectivity index is 1.87. The second-order valence-electron chi connectivity index (χ2n) is 4.88. The Kier molecular flexibility index (Phi) is 5.58. The zero-order chi connectivity index (χ0) is 12.6. The van der Waals surface area contributed by atoms with Crippen LogP contribution in [0, 0.1) is 0 Å². The van der Waals surface area contributed by atoms with E-state index in [1.807, 2.05) is 18.5 Å². The molecular weight excluding hydrogens is 226 g/mol. The van der Waals surface area contributed by atoms with E-state index in [0.29, 0.717) is 6.04 Å². The molecule has 100 valence electrons. The predicted molar refractivity (Wildman–Crippen MR) is 72.4 cm³/mol. The molecule has 0 spiro atoms. The molecule has 1 atom stereocenters. The van der Waals surface area contributed by atoms with Crippen molar-refractivity contribution in [3.8, 4) is 0 Å². The minimum atomic E-state index is 0.638. The maximum atomic E-state index is 5.20. The molecule has 2 heterocycles. The Morgan fingerprint density at radius 1 is 1.56 bits per heavy atom. The fraction of sp³-hybridized carbons (Fsp3) is 0.643. The number of nitrogens with one attached hydrogen (secondary N) is 1. The van der Waals surface area contributed by atoms with Gasteiger partial charge in [-0.15, -0.1) is 0 Å². The van der Waals surface area contributed by atoms with Crippen molar-refractivity contribution in [2.75, 3.05) is 33.4 Å². The molecule has 0 saturated carbocycles. The van der Waals surface area contributed by atoms with E-state index < -0.39 is 0 Å². The first-order valence-corrected chi connectivity index (χ1v) is 6.72. The lowest BCUT2D eigenvalue weighted by Gasteiger charge is -2.25. The number of ether oxygens (including phenoxy) is 1. The van der Waals surface area contributed by atoms with E-state index in [-0.39, 0.29) is 0 Å². The van der Waals surface area contributed by atoms with Crippen molar-refractivity contribution in [2.24, 2.45) is 0 Å². The molecule has 4 heteroatoms. The summed E-state index contributed by atoms with van der Waals surface area (Å²) in [6.45, 7) is 4.97. The fourth-order valence-electron chi connectivity index (χ4n) is 2.43. The Bertz CT molecular complexity index is 325. The van der Waals surface area contributed by atoms with Crippen LogP contribution in [0.1, 0.15) is 18.4 Å². The lowest BCUT2D eigenvalue weighted by molar-refractivity contribution is 0.138. The van der Waals surface area contributed by atoms with E-state index in [4.69, 9.17) is 4.74 Å². The molecule has 2 rings (SSSR count). The van der Waals surface area contributed by atoms with Crippen molar-refractivity contribution < 1.29 is 4.74 Å². The maximum absolute atomic E-state index is 5.20. The molecule has 18 heavy (non-hydrogen) atoms. The minimum absolute atomic E-state index is 0.638. The summed E-state index contributed by atoms with van der Waals surface area (Å²) in [7, 11) is 1.76. The highest BCUT2D eigenvalue weighted by Gasteiger charge is 2.17. The second-order valence-corrected chi connectivity index (χ2v) is 4.88. The molecular formula is C14H23N3O. The summed E-state index contributed by atoms with van der Waals surface area (Å²) in [4.78, 5) is 6.62. The van der Waals surface area contributed by atoms with Crippen molar-refractivity contribution in [3.05, 3.63) is 30.1 Å². The topological polar surface area (TPSA) is 37.4 Å². The number of methoxy groups -OCH3 is 1. The smallest absolute Gasteiger partial charge is 0.0589 e. The van der Waals surface area contributed by atoms with Gasteiger partial charge in [-0.1, -0.05) is 6.07 Å². The minimum Gasteiger partial charge on any atom is -0.383 e. The first kappa shape index (κ1) is 13.5. The summed E-state index contributed by atoms with van der Waals surface area (Å²) in [5.74, 6) is 0. The highest BCUT2D eigenvalue weighted by Crippen LogP contribution is 2.09. The van der Waals surface area contributed by atoms with Gasteiger partial charge in [0.1, 0.15) is 0 Å². The van der Waals surface area contributed by atoms with Gasteiger partial charge in [0.15, 0.2) is 0 Å². The normalized spacial score (nSPS) is 19.6. The van der Waals surface area contributed by atoms with Crippen molar-refractivity contribution in [1.29, 1.82) is 0 Å². The number of aromatic nitrogens is 1. The number of nitrogens with zero attached hydrogens (tertiary/aromatic N) is 2. The SMILES string of the molecule is COCCN(Cc1cccnc1)CC1CCCN1. The van der Waals surface area contributed by atoms with Gasteiger partial charge in [0.2, 0.25) is 0 Å². The largest absolute Gasteiger partial charge is 0.383 e. The zero-order valence-corrected chi connectivity index (χ0v) is 11.1. The van der Waals surface area contributed by atoms with Gasteiger partial charge < -0.3 is 10.1 Å². The van der Waals surface area contributed by atoms with E-state index in [1.54, 1.807) is 7.11 Å². The lowest BCUT2D eigenvalue weighted by Crippen LogP contribution is -2.38. The third-order valence-corrected chi connectivity index (χ3v) is 3.38. The molecule has 0 aliphatic carbocycles. The van der Waals surface area contributed by atoms with Crippen molar-refractivity contribution in [1.82, 2.24) is 15.2 Å². The molecule has 1 fully saturated rings. The Morgan fingerprint density at radius 3 is 3.17 bits per heavy atom. The summed E-state index contributed by atoms with van der Waals surface area (Å²) >= 11 is 0. The van der Waals surface area contributed by atoms with Crippen LogP contribution in [-0.4, -0.2) is 49.3 Å². The molecule has 0 bridgehead atoms. The van der Waals surface area contributed by atoms with E-state index in [9.17, 15) is 0 Å². The summed E-state index contributed by atoms with van der Waals surface area (Å²) < 4.78 is 5.20. The van der Waals surface area contributed by atoms with Gasteiger partial charge in [0.05, 0.1) is 6.61 Å². The highest BCUT2D eigenvalue weighted by molar-refractivity contribution is 5.08. The molecule has 1 N–H and O–H groups in total. The molecule has 1 aromatic heterocycles. The number of hydrogen-bond donors (Lipinski definition) is 1. The van der Waals surface area contributed by atoms with Crippen molar-refractivity contribution in [3.63, 3.8) is 0 Å². The molecule has 1 unspecified atom stereocenters. The summed E-state index contributed by atoms with van der Waals surface area (Å²) in [5.41, 5.74) is 1.27. The van der Waals surface area contributed by atoms with Gasteiger partial charge in [0.25, 0.3) is 0 Å². The Morgan fingerprint density at radius 2 is 2.50 bits per heavy atom. The van der Waals surface area contributed by atoms with Gasteiger partial charge in [-0.3, -0.25) is 9.88 Å². The molecule has 1 aromatic rings. The van der Waals surface area contributed by atoms with Crippen molar-refractivity contribution >= 4 is 0 Å². The summed E-state index contributed by atoms with van der Waals surface area (Å²) in [5, 5.41) is 3.55. The molecule has 0 amide bonds. The first-order valence-electron chi connectivity index (χ1n) is 6.72. The second kappa shape index (κ2) is 7.46. The van der Waals surface area contributed by atoms with Gasteiger partial charge >= 0.3 is 0 Å². The van der Waals surface area contributed by atoms with E-state index >= 15 is 0 Å². The van der Waals surface area contributed by atoms with Gasteiger partial charge in [-0.25, -0.2) is 0 Å². The van der Waals surface area contributed by atoms with Crippen LogP contribution in [0.3, 0.4) is 0 Å². The van der Waals surface area contributed by atoms with Crippen LogP contribution in [0.5, 0.6) is 0 Å². The lowest BCUT2D eigenvalue weighted by atomic mass is 10.2. The van der Waals surface area contributed by atoms with Crippen LogP contribution in [0.2, 0.25) is 0 Å². The van der Waals surface area contributed by atoms with Crippen LogP contribution in [0.4, 0.5) is 0 Å². The average molecular weight is 249 g/mol. The molecule has 0 aromatic carbocycles. The fourth-order valence-corrected chi connectivity index (χ4v) is 2.43. The Labute approximate surface area is 109 Å². The Hall–Kier alpha value is -0.970. The quantitative estimate of drug-likeness (QED) is 0.790. The predicted octanol–water partition coefficient (Wildman–Crippen LogP) is 1.28. The van der Waals surface area contributed by atoms with Crippen molar-refractivity contribution in [2.45, 2.75) is 25.4 Å².